The summed E-state index contributed by atoms with van der Waals surface area (Å²) < 4.78 is 20.9. The van der Waals surface area contributed by atoms with Crippen LogP contribution in [0.15, 0.2) is 30.3 Å². The molecule has 0 saturated carbocycles. The Balaban J connectivity index is 1.87. The molecule has 2 aromatic rings. The molecule has 1 heterocycles. The van der Waals surface area contributed by atoms with Crippen LogP contribution in [0.2, 0.25) is 0 Å². The van der Waals surface area contributed by atoms with Gasteiger partial charge in [-0.25, -0.2) is 9.59 Å². The van der Waals surface area contributed by atoms with E-state index < -0.39 is 11.9 Å². The van der Waals surface area contributed by atoms with Gasteiger partial charge >= 0.3 is 11.9 Å². The number of esters is 2. The van der Waals surface area contributed by atoms with Gasteiger partial charge in [-0.2, -0.15) is 0 Å². The first-order chi connectivity index (χ1) is 14.5. The topological polar surface area (TPSA) is 74.3 Å². The Hall–Kier alpha value is -2.74. The van der Waals surface area contributed by atoms with E-state index >= 15 is 0 Å². The standard InChI is InChI=1S/C23H25NO6/c1-24-10-9-14-5-4-6-16-21(14)17(24)11-15-7-8-18(29-19(25)12-27-2)23(22(15)16)30-20(26)13-28-3/h4-8,17H,9-13H2,1-3H3. The van der Waals surface area contributed by atoms with Crippen molar-refractivity contribution in [2.75, 3.05) is 41.0 Å². The first-order valence-electron chi connectivity index (χ1n) is 9.91. The van der Waals surface area contributed by atoms with Crippen LogP contribution in [-0.4, -0.2) is 57.9 Å². The second kappa shape index (κ2) is 8.55. The summed E-state index contributed by atoms with van der Waals surface area (Å²) in [5.74, 6) is -0.677. The van der Waals surface area contributed by atoms with E-state index in [1.54, 1.807) is 6.07 Å². The summed E-state index contributed by atoms with van der Waals surface area (Å²) in [5, 5.41) is 0. The largest absolute Gasteiger partial charge is 0.421 e. The fourth-order valence-corrected chi connectivity index (χ4v) is 4.36. The molecule has 0 radical (unpaired) electrons. The second-order valence-corrected chi connectivity index (χ2v) is 7.57. The second-order valence-electron chi connectivity index (χ2n) is 7.57. The molecule has 4 rings (SSSR count). The summed E-state index contributed by atoms with van der Waals surface area (Å²) >= 11 is 0. The molecule has 0 aromatic heterocycles. The molecule has 2 aromatic carbocycles. The minimum absolute atomic E-state index is 0.195. The van der Waals surface area contributed by atoms with Gasteiger partial charge in [0.2, 0.25) is 0 Å². The molecule has 1 atom stereocenters. The number of methoxy groups -OCH3 is 2. The first kappa shape index (κ1) is 20.5. The Morgan fingerprint density at radius 2 is 1.73 bits per heavy atom. The molecule has 7 heteroatoms. The van der Waals surface area contributed by atoms with E-state index in [9.17, 15) is 9.59 Å². The Kier molecular flexibility index (Phi) is 5.85. The fraction of sp³-hybridized carbons (Fsp3) is 0.391. The van der Waals surface area contributed by atoms with Gasteiger partial charge in [0.05, 0.1) is 0 Å². The molecule has 0 saturated heterocycles. The Morgan fingerprint density at radius 3 is 2.47 bits per heavy atom. The lowest BCUT2D eigenvalue weighted by Crippen LogP contribution is -2.35. The lowest BCUT2D eigenvalue weighted by atomic mass is 9.77. The molecule has 2 aliphatic rings. The number of likely N-dealkylation sites (N-methyl/N-ethyl adjacent to an activating group) is 1. The Morgan fingerprint density at radius 1 is 1.00 bits per heavy atom. The average Bonchev–Trinajstić information content (AvgIpc) is 2.72. The highest BCUT2D eigenvalue weighted by molar-refractivity contribution is 5.87. The molecule has 1 aliphatic heterocycles. The van der Waals surface area contributed by atoms with Crippen LogP contribution in [-0.2, 0) is 31.9 Å². The third-order valence-corrected chi connectivity index (χ3v) is 5.65. The molecular weight excluding hydrogens is 386 g/mol. The van der Waals surface area contributed by atoms with Crippen LogP contribution in [0, 0.1) is 0 Å². The lowest BCUT2D eigenvalue weighted by Gasteiger charge is -2.40. The van der Waals surface area contributed by atoms with Crippen molar-refractivity contribution in [3.8, 4) is 22.6 Å². The van der Waals surface area contributed by atoms with Gasteiger partial charge in [-0.15, -0.1) is 0 Å². The minimum Gasteiger partial charge on any atom is -0.421 e. The highest BCUT2D eigenvalue weighted by Crippen LogP contribution is 2.50. The van der Waals surface area contributed by atoms with Crippen LogP contribution >= 0.6 is 0 Å². The number of carbonyl (C=O) groups excluding carboxylic acids is 2. The number of benzene rings is 2. The van der Waals surface area contributed by atoms with Crippen molar-refractivity contribution in [1.82, 2.24) is 4.90 Å². The normalized spacial score (nSPS) is 17.1. The van der Waals surface area contributed by atoms with Crippen LogP contribution in [0.1, 0.15) is 22.7 Å². The molecule has 1 aliphatic carbocycles. The van der Waals surface area contributed by atoms with E-state index in [0.29, 0.717) is 0 Å². The van der Waals surface area contributed by atoms with Gasteiger partial charge in [-0.1, -0.05) is 24.3 Å². The molecule has 0 fully saturated rings. The van der Waals surface area contributed by atoms with Crippen molar-refractivity contribution in [3.63, 3.8) is 0 Å². The van der Waals surface area contributed by atoms with E-state index in [-0.39, 0.29) is 30.8 Å². The molecule has 0 spiro atoms. The van der Waals surface area contributed by atoms with Gasteiger partial charge in [0.25, 0.3) is 0 Å². The maximum Gasteiger partial charge on any atom is 0.337 e. The third-order valence-electron chi connectivity index (χ3n) is 5.65. The first-order valence-corrected chi connectivity index (χ1v) is 9.91. The fourth-order valence-electron chi connectivity index (χ4n) is 4.36. The number of ether oxygens (including phenoxy) is 4. The van der Waals surface area contributed by atoms with E-state index in [1.165, 1.54) is 25.3 Å². The smallest absolute Gasteiger partial charge is 0.337 e. The third kappa shape index (κ3) is 3.71. The van der Waals surface area contributed by atoms with E-state index in [2.05, 4.69) is 18.0 Å². The summed E-state index contributed by atoms with van der Waals surface area (Å²) in [5.41, 5.74) is 5.41. The highest BCUT2D eigenvalue weighted by Gasteiger charge is 2.35. The lowest BCUT2D eigenvalue weighted by molar-refractivity contribution is -0.141. The van der Waals surface area contributed by atoms with Gasteiger partial charge in [-0.05, 0) is 48.2 Å². The average molecular weight is 411 g/mol. The Labute approximate surface area is 175 Å². The van der Waals surface area contributed by atoms with Gasteiger partial charge in [0, 0.05) is 32.4 Å². The highest BCUT2D eigenvalue weighted by atomic mass is 16.6. The van der Waals surface area contributed by atoms with Crippen molar-refractivity contribution in [2.24, 2.45) is 0 Å². The molecule has 158 valence electrons. The maximum absolute atomic E-state index is 12.3. The predicted octanol–water partition coefficient (Wildman–Crippen LogP) is 2.54. The van der Waals surface area contributed by atoms with Gasteiger partial charge in [-0.3, -0.25) is 4.90 Å². The summed E-state index contributed by atoms with van der Waals surface area (Å²) in [4.78, 5) is 26.7. The molecule has 0 N–H and O–H groups in total. The zero-order chi connectivity index (χ0) is 21.3. The minimum atomic E-state index is -0.565. The summed E-state index contributed by atoms with van der Waals surface area (Å²) in [6.07, 6.45) is 1.75. The SMILES string of the molecule is COCC(=O)Oc1ccc2c(c1OC(=O)COC)-c1cccc3c1C(C2)N(C)CC3. The zero-order valence-corrected chi connectivity index (χ0v) is 17.4. The summed E-state index contributed by atoms with van der Waals surface area (Å²) in [6.45, 7) is 0.600. The maximum atomic E-state index is 12.3. The molecule has 0 bridgehead atoms. The molecular formula is C23H25NO6. The van der Waals surface area contributed by atoms with Crippen molar-refractivity contribution in [3.05, 3.63) is 47.0 Å². The van der Waals surface area contributed by atoms with Crippen LogP contribution in [0.4, 0.5) is 0 Å². The van der Waals surface area contributed by atoms with Crippen LogP contribution < -0.4 is 9.47 Å². The van der Waals surface area contributed by atoms with Crippen molar-refractivity contribution >= 4 is 11.9 Å². The van der Waals surface area contributed by atoms with Gasteiger partial charge < -0.3 is 18.9 Å². The number of nitrogens with zero attached hydrogens (tertiary/aromatic N) is 1. The molecule has 0 amide bonds. The number of fused-ring (bicyclic) bond motifs is 2. The van der Waals surface area contributed by atoms with Crippen molar-refractivity contribution < 1.29 is 28.5 Å². The van der Waals surface area contributed by atoms with E-state index in [1.807, 2.05) is 18.2 Å². The van der Waals surface area contributed by atoms with Crippen LogP contribution in [0.3, 0.4) is 0 Å². The number of hydrogen-bond acceptors (Lipinski definition) is 7. The molecule has 30 heavy (non-hydrogen) atoms. The van der Waals surface area contributed by atoms with Crippen molar-refractivity contribution in [1.29, 1.82) is 0 Å². The zero-order valence-electron chi connectivity index (χ0n) is 17.4. The summed E-state index contributed by atoms with van der Waals surface area (Å²) in [7, 11) is 4.98. The number of carbonyl (C=O) groups is 2. The predicted molar refractivity (Wildman–Crippen MR) is 110 cm³/mol. The van der Waals surface area contributed by atoms with Crippen LogP contribution in [0.5, 0.6) is 11.5 Å². The molecule has 1 unspecified atom stereocenters. The Bertz CT molecular complexity index is 986. The number of hydrogen-bond donors (Lipinski definition) is 0. The quantitative estimate of drug-likeness (QED) is 0.534. The van der Waals surface area contributed by atoms with Crippen molar-refractivity contribution in [2.45, 2.75) is 18.9 Å². The van der Waals surface area contributed by atoms with Gasteiger partial charge in [0.15, 0.2) is 11.5 Å². The monoisotopic (exact) mass is 411 g/mol. The number of rotatable bonds is 6. The van der Waals surface area contributed by atoms with Crippen LogP contribution in [0.25, 0.3) is 11.1 Å². The van der Waals surface area contributed by atoms with Gasteiger partial charge in [0.1, 0.15) is 13.2 Å². The van der Waals surface area contributed by atoms with E-state index in [4.69, 9.17) is 18.9 Å². The molecule has 7 nitrogen and oxygen atoms in total. The van der Waals surface area contributed by atoms with E-state index in [0.717, 1.165) is 36.1 Å². The summed E-state index contributed by atoms with van der Waals surface area (Å²) in [6, 6.07) is 10.1.